The fraction of sp³-hybridized carbons (Fsp3) is 0.636. The normalized spacial score (nSPS) is 14.9. The first kappa shape index (κ1) is 23.9. The second-order valence-corrected chi connectivity index (χ2v) is 8.57. The molecule has 28 heavy (non-hydrogen) atoms. The molecule has 0 spiro atoms. The highest BCUT2D eigenvalue weighted by atomic mass is 19.1. The molecule has 0 aliphatic carbocycles. The average molecular weight is 396 g/mol. The summed E-state index contributed by atoms with van der Waals surface area (Å²) in [5.74, 6) is -1.35. The number of halogens is 1. The SMILES string of the molecule is Cc1cc(F)ccc1O[C@@H](C)[C@@H](OC(=O)[C@H](C)CC(=O)OC(C)(C)C)C(C)C. The Bertz CT molecular complexity index is 678. The summed E-state index contributed by atoms with van der Waals surface area (Å²) in [7, 11) is 0. The molecule has 5 nitrogen and oxygen atoms in total. The molecule has 0 heterocycles. The Morgan fingerprint density at radius 3 is 2.21 bits per heavy atom. The van der Waals surface area contributed by atoms with Crippen LogP contribution in [0.15, 0.2) is 18.2 Å². The Hall–Kier alpha value is -2.11. The minimum absolute atomic E-state index is 0.00608. The van der Waals surface area contributed by atoms with E-state index in [-0.39, 0.29) is 18.2 Å². The van der Waals surface area contributed by atoms with E-state index in [1.165, 1.54) is 12.1 Å². The number of rotatable bonds is 8. The molecule has 1 aromatic carbocycles. The molecule has 1 aromatic rings. The minimum atomic E-state index is -0.629. The molecule has 0 radical (unpaired) electrons. The van der Waals surface area contributed by atoms with Gasteiger partial charge in [0.1, 0.15) is 29.4 Å². The molecule has 0 bridgehead atoms. The van der Waals surface area contributed by atoms with E-state index in [1.54, 1.807) is 47.6 Å². The van der Waals surface area contributed by atoms with Crippen LogP contribution in [0.1, 0.15) is 60.5 Å². The van der Waals surface area contributed by atoms with E-state index in [2.05, 4.69) is 0 Å². The van der Waals surface area contributed by atoms with E-state index in [0.717, 1.165) is 0 Å². The van der Waals surface area contributed by atoms with Gasteiger partial charge < -0.3 is 14.2 Å². The van der Waals surface area contributed by atoms with Gasteiger partial charge in [-0.15, -0.1) is 0 Å². The standard InChI is InChI=1S/C22H33FO5/c1-13(2)20(16(5)26-18-10-9-17(23)11-14(18)3)27-21(25)15(4)12-19(24)28-22(6,7)8/h9-11,13,15-16,20H,12H2,1-8H3/t15-,16+,20+/m1/s1. The van der Waals surface area contributed by atoms with Gasteiger partial charge in [0.15, 0.2) is 0 Å². The molecule has 3 atom stereocenters. The molecular formula is C22H33FO5. The number of aryl methyl sites for hydroxylation is 1. The molecule has 0 fully saturated rings. The third kappa shape index (κ3) is 7.87. The summed E-state index contributed by atoms with van der Waals surface area (Å²) in [4.78, 5) is 24.4. The molecule has 158 valence electrons. The third-order valence-electron chi connectivity index (χ3n) is 4.12. The second kappa shape index (κ2) is 9.89. The summed E-state index contributed by atoms with van der Waals surface area (Å²) in [6.45, 7) is 14.4. The third-order valence-corrected chi connectivity index (χ3v) is 4.12. The molecule has 0 aliphatic rings. The zero-order valence-corrected chi connectivity index (χ0v) is 18.2. The maximum absolute atomic E-state index is 13.3. The smallest absolute Gasteiger partial charge is 0.309 e. The lowest BCUT2D eigenvalue weighted by Crippen LogP contribution is -2.39. The van der Waals surface area contributed by atoms with Crippen LogP contribution < -0.4 is 4.74 Å². The highest BCUT2D eigenvalue weighted by molar-refractivity contribution is 5.80. The van der Waals surface area contributed by atoms with Crippen molar-refractivity contribution in [2.75, 3.05) is 0 Å². The quantitative estimate of drug-likeness (QED) is 0.589. The molecule has 6 heteroatoms. The summed E-state index contributed by atoms with van der Waals surface area (Å²) in [5, 5.41) is 0. The molecule has 0 saturated carbocycles. The van der Waals surface area contributed by atoms with Gasteiger partial charge in [-0.3, -0.25) is 9.59 Å². The van der Waals surface area contributed by atoms with Crippen molar-refractivity contribution in [2.45, 2.75) is 79.6 Å². The first-order valence-electron chi connectivity index (χ1n) is 9.65. The van der Waals surface area contributed by atoms with Crippen LogP contribution in [0.2, 0.25) is 0 Å². The Balaban J connectivity index is 2.74. The van der Waals surface area contributed by atoms with Crippen molar-refractivity contribution in [2.24, 2.45) is 11.8 Å². The van der Waals surface area contributed by atoms with Gasteiger partial charge in [0.25, 0.3) is 0 Å². The predicted octanol–water partition coefficient (Wildman–Crippen LogP) is 4.84. The Morgan fingerprint density at radius 1 is 1.11 bits per heavy atom. The monoisotopic (exact) mass is 396 g/mol. The fourth-order valence-electron chi connectivity index (χ4n) is 2.75. The van der Waals surface area contributed by atoms with Crippen molar-refractivity contribution in [1.29, 1.82) is 0 Å². The molecule has 0 aromatic heterocycles. The summed E-state index contributed by atoms with van der Waals surface area (Å²) in [6.07, 6.45) is -1.01. The van der Waals surface area contributed by atoms with Crippen LogP contribution in [0.4, 0.5) is 4.39 Å². The zero-order valence-electron chi connectivity index (χ0n) is 18.2. The molecule has 0 N–H and O–H groups in total. The maximum Gasteiger partial charge on any atom is 0.309 e. The van der Waals surface area contributed by atoms with Crippen molar-refractivity contribution >= 4 is 11.9 Å². The van der Waals surface area contributed by atoms with Gasteiger partial charge in [0.05, 0.1) is 12.3 Å². The van der Waals surface area contributed by atoms with E-state index >= 15 is 0 Å². The summed E-state index contributed by atoms with van der Waals surface area (Å²) >= 11 is 0. The number of hydrogen-bond donors (Lipinski definition) is 0. The number of benzene rings is 1. The Labute approximate surface area is 167 Å². The van der Waals surface area contributed by atoms with Crippen molar-refractivity contribution in [3.8, 4) is 5.75 Å². The van der Waals surface area contributed by atoms with E-state index in [0.29, 0.717) is 11.3 Å². The zero-order chi connectivity index (χ0) is 21.6. The van der Waals surface area contributed by atoms with Crippen LogP contribution in [-0.4, -0.2) is 29.7 Å². The van der Waals surface area contributed by atoms with Gasteiger partial charge in [-0.1, -0.05) is 20.8 Å². The molecule has 0 saturated heterocycles. The Kier molecular flexibility index (Phi) is 8.46. The summed E-state index contributed by atoms with van der Waals surface area (Å²) < 4.78 is 30.1. The fourth-order valence-corrected chi connectivity index (χ4v) is 2.75. The lowest BCUT2D eigenvalue weighted by molar-refractivity contribution is -0.167. The maximum atomic E-state index is 13.3. The number of ether oxygens (including phenoxy) is 3. The predicted molar refractivity (Wildman–Crippen MR) is 106 cm³/mol. The molecule has 1 rings (SSSR count). The van der Waals surface area contributed by atoms with Crippen molar-refractivity contribution in [3.05, 3.63) is 29.6 Å². The largest absolute Gasteiger partial charge is 0.487 e. The van der Waals surface area contributed by atoms with Gasteiger partial charge in [-0.25, -0.2) is 4.39 Å². The van der Waals surface area contributed by atoms with Crippen LogP contribution in [0.3, 0.4) is 0 Å². The number of carbonyl (C=O) groups excluding carboxylic acids is 2. The number of esters is 2. The lowest BCUT2D eigenvalue weighted by Gasteiger charge is -2.29. The van der Waals surface area contributed by atoms with E-state index in [9.17, 15) is 14.0 Å². The highest BCUT2D eigenvalue weighted by Gasteiger charge is 2.30. The Morgan fingerprint density at radius 2 is 1.71 bits per heavy atom. The number of carbonyl (C=O) groups is 2. The first-order valence-corrected chi connectivity index (χ1v) is 9.65. The first-order chi connectivity index (χ1) is 12.8. The van der Waals surface area contributed by atoms with Crippen LogP contribution in [0.25, 0.3) is 0 Å². The number of hydrogen-bond acceptors (Lipinski definition) is 5. The van der Waals surface area contributed by atoms with E-state index in [1.807, 2.05) is 13.8 Å². The average Bonchev–Trinajstić information content (AvgIpc) is 2.52. The van der Waals surface area contributed by atoms with Crippen molar-refractivity contribution in [1.82, 2.24) is 0 Å². The molecular weight excluding hydrogens is 363 g/mol. The van der Waals surface area contributed by atoms with Crippen LogP contribution >= 0.6 is 0 Å². The highest BCUT2D eigenvalue weighted by Crippen LogP contribution is 2.24. The summed E-state index contributed by atoms with van der Waals surface area (Å²) in [5.41, 5.74) is 0.0651. The molecule has 0 aliphatic heterocycles. The van der Waals surface area contributed by atoms with Crippen molar-refractivity contribution in [3.63, 3.8) is 0 Å². The van der Waals surface area contributed by atoms with Gasteiger partial charge in [-0.2, -0.15) is 0 Å². The minimum Gasteiger partial charge on any atom is -0.487 e. The lowest BCUT2D eigenvalue weighted by atomic mass is 10.0. The van der Waals surface area contributed by atoms with Crippen LogP contribution in [-0.2, 0) is 19.1 Å². The van der Waals surface area contributed by atoms with Crippen molar-refractivity contribution < 1.29 is 28.2 Å². The van der Waals surface area contributed by atoms with Gasteiger partial charge in [0, 0.05) is 0 Å². The van der Waals surface area contributed by atoms with Crippen LogP contribution in [0, 0.1) is 24.6 Å². The molecule has 0 amide bonds. The molecule has 0 unspecified atom stereocenters. The van der Waals surface area contributed by atoms with Crippen LogP contribution in [0.5, 0.6) is 5.75 Å². The van der Waals surface area contributed by atoms with E-state index in [4.69, 9.17) is 14.2 Å². The van der Waals surface area contributed by atoms with Gasteiger partial charge in [0.2, 0.25) is 0 Å². The van der Waals surface area contributed by atoms with Gasteiger partial charge >= 0.3 is 11.9 Å². The second-order valence-electron chi connectivity index (χ2n) is 8.57. The summed E-state index contributed by atoms with van der Waals surface area (Å²) in [6, 6.07) is 4.28. The van der Waals surface area contributed by atoms with E-state index < -0.39 is 35.7 Å². The van der Waals surface area contributed by atoms with Gasteiger partial charge in [-0.05, 0) is 64.3 Å². The topological polar surface area (TPSA) is 61.8 Å².